The highest BCUT2D eigenvalue weighted by Crippen LogP contribution is 2.34. The van der Waals surface area contributed by atoms with Crippen LogP contribution in [-0.2, 0) is 26.0 Å². The average molecular weight is 563 g/mol. The number of sulfonamides is 1. The minimum absolute atomic E-state index is 0.0158. The summed E-state index contributed by atoms with van der Waals surface area (Å²) in [6.07, 6.45) is -0.998. The van der Waals surface area contributed by atoms with Crippen LogP contribution in [0, 0.1) is 5.92 Å². The van der Waals surface area contributed by atoms with Gasteiger partial charge in [-0.25, -0.2) is 8.42 Å². The summed E-state index contributed by atoms with van der Waals surface area (Å²) in [6, 6.07) is 12.0. The first-order valence-electron chi connectivity index (χ1n) is 12.9. The van der Waals surface area contributed by atoms with Crippen LogP contribution in [0.3, 0.4) is 0 Å². The molecule has 0 aromatic heterocycles. The summed E-state index contributed by atoms with van der Waals surface area (Å²) in [7, 11) is -2.40. The Hall–Kier alpha value is -3.19. The van der Waals surface area contributed by atoms with Gasteiger partial charge in [0, 0.05) is 19.2 Å². The molecule has 1 aliphatic rings. The van der Waals surface area contributed by atoms with Gasteiger partial charge in [-0.15, -0.1) is 0 Å². The zero-order valence-electron chi connectivity index (χ0n) is 22.7. The van der Waals surface area contributed by atoms with Gasteiger partial charge in [0.25, 0.3) is 0 Å². The third kappa shape index (κ3) is 8.40. The zero-order valence-corrected chi connectivity index (χ0v) is 23.5. The number of hydrogen-bond donors (Lipinski definition) is 4. The fourth-order valence-corrected chi connectivity index (χ4v) is 5.82. The molecule has 0 fully saturated rings. The monoisotopic (exact) mass is 562 g/mol. The van der Waals surface area contributed by atoms with Crippen LogP contribution in [0.4, 0.5) is 0 Å². The van der Waals surface area contributed by atoms with E-state index in [1.54, 1.807) is 20.0 Å². The lowest BCUT2D eigenvalue weighted by atomic mass is 10.0. The van der Waals surface area contributed by atoms with Gasteiger partial charge in [-0.05, 0) is 44.0 Å². The van der Waals surface area contributed by atoms with Crippen molar-refractivity contribution in [2.45, 2.75) is 50.3 Å². The van der Waals surface area contributed by atoms with Gasteiger partial charge in [-0.2, -0.15) is 4.31 Å². The topological polar surface area (TPSA) is 146 Å². The van der Waals surface area contributed by atoms with E-state index in [-0.39, 0.29) is 49.6 Å². The zero-order chi connectivity index (χ0) is 28.6. The van der Waals surface area contributed by atoms with Gasteiger partial charge in [-0.3, -0.25) is 9.59 Å². The quantitative estimate of drug-likeness (QED) is 0.265. The van der Waals surface area contributed by atoms with Crippen molar-refractivity contribution in [3.63, 3.8) is 0 Å². The smallest absolute Gasteiger partial charge is 0.243 e. The maximum Gasteiger partial charge on any atom is 0.243 e. The number of benzene rings is 2. The minimum atomic E-state index is -4.03. The highest BCUT2D eigenvalue weighted by atomic mass is 32.2. The van der Waals surface area contributed by atoms with Crippen molar-refractivity contribution >= 4 is 21.8 Å². The first kappa shape index (κ1) is 30.4. The fourth-order valence-electron chi connectivity index (χ4n) is 4.18. The van der Waals surface area contributed by atoms with Crippen molar-refractivity contribution in [3.8, 4) is 11.5 Å². The first-order chi connectivity index (χ1) is 18.5. The van der Waals surface area contributed by atoms with Crippen molar-refractivity contribution in [1.82, 2.24) is 20.3 Å². The Labute approximate surface area is 229 Å². The Kier molecular flexibility index (Phi) is 10.7. The van der Waals surface area contributed by atoms with Crippen molar-refractivity contribution in [2.24, 2.45) is 5.92 Å². The number of hydrogen-bond acceptors (Lipinski definition) is 8. The van der Waals surface area contributed by atoms with Crippen molar-refractivity contribution in [3.05, 3.63) is 54.1 Å². The second-order valence-corrected chi connectivity index (χ2v) is 11.9. The molecule has 0 radical (unpaired) electrons. The largest absolute Gasteiger partial charge is 0.454 e. The SMILES string of the molecule is CNCC(=O)N[C@@H](C)C(=O)N[C@@H](Cc1ccccc1)[C@H](O)CN(CC(C)C)S(=O)(=O)c1ccc2c(c1)OCO2. The van der Waals surface area contributed by atoms with E-state index in [4.69, 9.17) is 9.47 Å². The lowest BCUT2D eigenvalue weighted by molar-refractivity contribution is -0.129. The van der Waals surface area contributed by atoms with Crippen LogP contribution in [0.5, 0.6) is 11.5 Å². The van der Waals surface area contributed by atoms with E-state index in [0.29, 0.717) is 11.5 Å². The first-order valence-corrected chi connectivity index (χ1v) is 14.3. The van der Waals surface area contributed by atoms with Gasteiger partial charge in [-0.1, -0.05) is 44.2 Å². The number of nitrogens with one attached hydrogen (secondary N) is 3. The van der Waals surface area contributed by atoms with Crippen LogP contribution < -0.4 is 25.4 Å². The molecule has 4 N–H and O–H groups in total. The van der Waals surface area contributed by atoms with Crippen molar-refractivity contribution in [1.29, 1.82) is 0 Å². The molecule has 0 saturated heterocycles. The van der Waals surface area contributed by atoms with E-state index in [0.717, 1.165) is 5.56 Å². The Morgan fingerprint density at radius 1 is 1.00 bits per heavy atom. The van der Waals surface area contributed by atoms with E-state index in [1.807, 2.05) is 44.2 Å². The van der Waals surface area contributed by atoms with Crippen molar-refractivity contribution < 1.29 is 32.6 Å². The molecule has 1 aliphatic heterocycles. The number of nitrogens with zero attached hydrogens (tertiary/aromatic N) is 1. The molecule has 3 rings (SSSR count). The molecule has 0 spiro atoms. The van der Waals surface area contributed by atoms with Crippen LogP contribution in [0.2, 0.25) is 0 Å². The maximum absolute atomic E-state index is 13.7. The minimum Gasteiger partial charge on any atom is -0.454 e. The Morgan fingerprint density at radius 3 is 2.36 bits per heavy atom. The molecule has 0 aliphatic carbocycles. The summed E-state index contributed by atoms with van der Waals surface area (Å²) in [6.45, 7) is 5.27. The predicted octanol–water partition coefficient (Wildman–Crippen LogP) is 0.875. The molecule has 0 bridgehead atoms. The number of carbonyl (C=O) groups is 2. The van der Waals surface area contributed by atoms with Gasteiger partial charge in [0.1, 0.15) is 6.04 Å². The van der Waals surface area contributed by atoms with E-state index in [9.17, 15) is 23.1 Å². The normalized spacial score (nSPS) is 15.2. The summed E-state index contributed by atoms with van der Waals surface area (Å²) in [4.78, 5) is 24.9. The molecule has 0 unspecified atom stereocenters. The molecule has 0 saturated carbocycles. The van der Waals surface area contributed by atoms with E-state index >= 15 is 0 Å². The van der Waals surface area contributed by atoms with Gasteiger partial charge in [0.2, 0.25) is 28.6 Å². The molecular weight excluding hydrogens is 524 g/mol. The highest BCUT2D eigenvalue weighted by Gasteiger charge is 2.33. The maximum atomic E-state index is 13.7. The number of aliphatic hydroxyl groups excluding tert-OH is 1. The lowest BCUT2D eigenvalue weighted by Gasteiger charge is -2.31. The molecule has 1 heterocycles. The molecule has 214 valence electrons. The number of amides is 2. The number of fused-ring (bicyclic) bond motifs is 1. The second-order valence-electron chi connectivity index (χ2n) is 9.92. The number of carbonyl (C=O) groups excluding carboxylic acids is 2. The van der Waals surface area contributed by atoms with Crippen LogP contribution >= 0.6 is 0 Å². The third-order valence-corrected chi connectivity index (χ3v) is 7.97. The molecule has 2 aromatic carbocycles. The number of rotatable bonds is 14. The molecule has 12 heteroatoms. The van der Waals surface area contributed by atoms with Gasteiger partial charge >= 0.3 is 0 Å². The molecule has 11 nitrogen and oxygen atoms in total. The molecule has 39 heavy (non-hydrogen) atoms. The third-order valence-electron chi connectivity index (χ3n) is 6.14. The van der Waals surface area contributed by atoms with Gasteiger partial charge in [0.05, 0.1) is 23.6 Å². The van der Waals surface area contributed by atoms with Crippen molar-refractivity contribution in [2.75, 3.05) is 33.5 Å². The summed E-state index contributed by atoms with van der Waals surface area (Å²) >= 11 is 0. The Balaban J connectivity index is 1.83. The predicted molar refractivity (Wildman–Crippen MR) is 146 cm³/mol. The summed E-state index contributed by atoms with van der Waals surface area (Å²) < 4.78 is 39.2. The Morgan fingerprint density at radius 2 is 1.69 bits per heavy atom. The number of ether oxygens (including phenoxy) is 2. The second kappa shape index (κ2) is 13.7. The summed E-state index contributed by atoms with van der Waals surface area (Å²) in [5.74, 6) is -0.0760. The molecule has 3 atom stereocenters. The standard InChI is InChI=1S/C27H38N4O7S/c1-18(2)15-31(39(35,36)21-10-11-24-25(13-21)38-17-37-24)16-23(32)22(12-20-8-6-5-7-9-20)30-27(34)19(3)29-26(33)14-28-4/h5-11,13,18-19,22-23,28,32H,12,14-17H2,1-4H3,(H,29,33)(H,30,34)/t19-,22-,23+/m0/s1. The number of likely N-dealkylation sites (N-methyl/N-ethyl adjacent to an activating group) is 1. The van der Waals surface area contributed by atoms with Crippen LogP contribution in [0.25, 0.3) is 0 Å². The van der Waals surface area contributed by atoms with Crippen LogP contribution in [-0.4, -0.2) is 81.3 Å². The molecular formula is C27H38N4O7S. The summed E-state index contributed by atoms with van der Waals surface area (Å²) in [5, 5.41) is 19.5. The molecule has 2 amide bonds. The fraction of sp³-hybridized carbons (Fsp3) is 0.481. The van der Waals surface area contributed by atoms with Crippen LogP contribution in [0.15, 0.2) is 53.4 Å². The average Bonchev–Trinajstić information content (AvgIpc) is 3.36. The van der Waals surface area contributed by atoms with Gasteiger partial charge in [0.15, 0.2) is 11.5 Å². The lowest BCUT2D eigenvalue weighted by Crippen LogP contribution is -2.55. The highest BCUT2D eigenvalue weighted by molar-refractivity contribution is 7.89. The van der Waals surface area contributed by atoms with Gasteiger partial charge < -0.3 is 30.5 Å². The van der Waals surface area contributed by atoms with Crippen LogP contribution in [0.1, 0.15) is 26.3 Å². The van der Waals surface area contributed by atoms with E-state index < -0.39 is 34.1 Å². The van der Waals surface area contributed by atoms with E-state index in [2.05, 4.69) is 16.0 Å². The molecule has 2 aromatic rings. The Bertz CT molecular complexity index is 1220. The van der Waals surface area contributed by atoms with E-state index in [1.165, 1.54) is 16.4 Å². The number of aliphatic hydroxyl groups is 1. The summed E-state index contributed by atoms with van der Waals surface area (Å²) in [5.41, 5.74) is 0.850.